The molecule has 0 aromatic heterocycles. The second-order valence-corrected chi connectivity index (χ2v) is 11.0. The van der Waals surface area contributed by atoms with Gasteiger partial charge in [-0.05, 0) is 56.3 Å². The molecule has 0 aliphatic carbocycles. The van der Waals surface area contributed by atoms with Gasteiger partial charge in [0.05, 0.1) is 0 Å². The van der Waals surface area contributed by atoms with Gasteiger partial charge in [0.1, 0.15) is 18.4 Å². The Kier molecular flexibility index (Phi) is 51.8. The van der Waals surface area contributed by atoms with Crippen LogP contribution in [0.4, 0.5) is 0 Å². The molecular weight excluding hydrogens is 456 g/mol. The summed E-state index contributed by atoms with van der Waals surface area (Å²) in [7, 11) is 0. The number of hydrogen-bond acceptors (Lipinski definition) is 3. The highest BCUT2D eigenvalue weighted by Gasteiger charge is 2.15. The van der Waals surface area contributed by atoms with E-state index in [2.05, 4.69) is 62.0 Å². The molecule has 37 heavy (non-hydrogen) atoms. The molecule has 0 aromatic rings. The SMILES string of the molecule is C=CCCCCC(C)(C)CCC.C=O.CC.CC(C)C.CCC(=O)CC.CCC(C)CCC(C)C(C)=O. The monoisotopic (exact) mass is 529 g/mol. The highest BCUT2D eigenvalue weighted by Crippen LogP contribution is 2.28. The summed E-state index contributed by atoms with van der Waals surface area (Å²) in [6.07, 6.45) is 14.8. The second kappa shape index (κ2) is 39.3. The molecule has 2 unspecified atom stereocenters. The average Bonchev–Trinajstić information content (AvgIpc) is 2.87. The van der Waals surface area contributed by atoms with E-state index < -0.39 is 0 Å². The van der Waals surface area contributed by atoms with Crippen molar-refractivity contribution >= 4 is 18.4 Å². The Bertz CT molecular complexity index is 443. The highest BCUT2D eigenvalue weighted by molar-refractivity contribution is 5.77. The zero-order valence-electron chi connectivity index (χ0n) is 28.2. The third-order valence-electron chi connectivity index (χ3n) is 5.71. The first-order valence-corrected chi connectivity index (χ1v) is 15.2. The molecule has 0 spiro atoms. The van der Waals surface area contributed by atoms with Crippen molar-refractivity contribution in [3.8, 4) is 0 Å². The third-order valence-corrected chi connectivity index (χ3v) is 5.71. The lowest BCUT2D eigenvalue weighted by Crippen LogP contribution is -2.10. The largest absolute Gasteiger partial charge is 0.307 e. The van der Waals surface area contributed by atoms with Gasteiger partial charge >= 0.3 is 0 Å². The van der Waals surface area contributed by atoms with E-state index in [0.717, 1.165) is 18.3 Å². The first-order valence-electron chi connectivity index (χ1n) is 15.2. The van der Waals surface area contributed by atoms with E-state index in [4.69, 9.17) is 4.79 Å². The van der Waals surface area contributed by atoms with Crippen LogP contribution in [0.15, 0.2) is 12.7 Å². The number of hydrogen-bond donors (Lipinski definition) is 0. The summed E-state index contributed by atoms with van der Waals surface area (Å²) in [5.74, 6) is 2.55. The molecule has 0 amide bonds. The quantitative estimate of drug-likeness (QED) is 0.166. The van der Waals surface area contributed by atoms with Gasteiger partial charge in [0, 0.05) is 18.8 Å². The van der Waals surface area contributed by atoms with Crippen molar-refractivity contribution in [3.63, 3.8) is 0 Å². The van der Waals surface area contributed by atoms with Crippen molar-refractivity contribution in [1.82, 2.24) is 0 Å². The summed E-state index contributed by atoms with van der Waals surface area (Å²) >= 11 is 0. The molecule has 3 heteroatoms. The standard InChI is InChI=1S/C12H24.C10H20O.C5H10O.C4H10.C2H6.CH2O/c1-5-7-8-9-11-12(3,4)10-6-2;1-5-8(2)6-7-9(3)10(4)11;1-3-5(6)4-2;1-4(2)3;2*1-2/h5H,1,6-11H2,2-4H3;8-9H,5-7H2,1-4H3;3-4H2,1-2H3;4H,1-3H3;1-2H3;1H2. The normalized spacial score (nSPS) is 11.1. The average molecular weight is 529 g/mol. The van der Waals surface area contributed by atoms with Crippen LogP contribution in [-0.4, -0.2) is 18.4 Å². The van der Waals surface area contributed by atoms with Crippen LogP contribution in [0.1, 0.15) is 168 Å². The van der Waals surface area contributed by atoms with Gasteiger partial charge in [-0.1, -0.05) is 122 Å². The number of carbonyl (C=O) groups is 3. The maximum absolute atomic E-state index is 10.8. The maximum atomic E-state index is 10.8. The van der Waals surface area contributed by atoms with Gasteiger partial charge in [-0.2, -0.15) is 0 Å². The minimum atomic E-state index is 0.268. The van der Waals surface area contributed by atoms with Crippen LogP contribution in [0.5, 0.6) is 0 Å². The maximum Gasteiger partial charge on any atom is 0.132 e. The lowest BCUT2D eigenvalue weighted by Gasteiger charge is -2.23. The molecule has 0 bridgehead atoms. The predicted molar refractivity (Wildman–Crippen MR) is 170 cm³/mol. The lowest BCUT2D eigenvalue weighted by molar-refractivity contribution is -0.120. The Hall–Kier alpha value is -1.25. The molecule has 0 heterocycles. The van der Waals surface area contributed by atoms with Crippen molar-refractivity contribution < 1.29 is 14.4 Å². The summed E-state index contributed by atoms with van der Waals surface area (Å²) in [5, 5.41) is 0. The Morgan fingerprint density at radius 3 is 1.51 bits per heavy atom. The fraction of sp³-hybridized carbons (Fsp3) is 0.853. The zero-order valence-corrected chi connectivity index (χ0v) is 28.2. The van der Waals surface area contributed by atoms with Crippen LogP contribution < -0.4 is 0 Å². The molecule has 0 N–H and O–H groups in total. The van der Waals surface area contributed by atoms with Crippen LogP contribution in [0.3, 0.4) is 0 Å². The summed E-state index contributed by atoms with van der Waals surface area (Å²) in [6, 6.07) is 0. The van der Waals surface area contributed by atoms with E-state index in [-0.39, 0.29) is 5.92 Å². The number of carbonyl (C=O) groups excluding carboxylic acids is 3. The molecule has 0 radical (unpaired) electrons. The van der Waals surface area contributed by atoms with E-state index >= 15 is 0 Å². The van der Waals surface area contributed by atoms with Crippen LogP contribution in [0, 0.1) is 23.2 Å². The summed E-state index contributed by atoms with van der Waals surface area (Å²) in [5.41, 5.74) is 0.565. The first kappa shape index (κ1) is 48.8. The van der Waals surface area contributed by atoms with E-state index in [9.17, 15) is 9.59 Å². The minimum absolute atomic E-state index is 0.268. The minimum Gasteiger partial charge on any atom is -0.307 e. The molecule has 0 aliphatic rings. The molecule has 226 valence electrons. The molecule has 0 saturated heterocycles. The molecule has 0 aliphatic heterocycles. The number of rotatable bonds is 14. The molecule has 3 nitrogen and oxygen atoms in total. The van der Waals surface area contributed by atoms with Gasteiger partial charge in [-0.3, -0.25) is 9.59 Å². The molecule has 2 atom stereocenters. The van der Waals surface area contributed by atoms with Crippen LogP contribution in [0.25, 0.3) is 0 Å². The van der Waals surface area contributed by atoms with Gasteiger partial charge in [0.15, 0.2) is 0 Å². The van der Waals surface area contributed by atoms with E-state index in [1.54, 1.807) is 6.92 Å². The fourth-order valence-corrected chi connectivity index (χ4v) is 2.89. The molecular formula is C34H72O3. The van der Waals surface area contributed by atoms with E-state index in [0.29, 0.717) is 29.8 Å². The second-order valence-electron chi connectivity index (χ2n) is 11.0. The van der Waals surface area contributed by atoms with Gasteiger partial charge in [0.25, 0.3) is 0 Å². The Balaban J connectivity index is -0.0000000879. The van der Waals surface area contributed by atoms with Crippen molar-refractivity contribution in [2.75, 3.05) is 0 Å². The third kappa shape index (κ3) is 60.8. The summed E-state index contributed by atoms with van der Waals surface area (Å²) in [6.45, 7) is 35.2. The van der Waals surface area contributed by atoms with E-state index in [1.807, 2.05) is 47.5 Å². The van der Waals surface area contributed by atoms with Gasteiger partial charge in [0.2, 0.25) is 0 Å². The number of ketones is 2. The van der Waals surface area contributed by atoms with Crippen LogP contribution >= 0.6 is 0 Å². The van der Waals surface area contributed by atoms with Gasteiger partial charge < -0.3 is 4.79 Å². The van der Waals surface area contributed by atoms with Crippen molar-refractivity contribution in [2.24, 2.45) is 23.2 Å². The lowest BCUT2D eigenvalue weighted by atomic mass is 9.83. The van der Waals surface area contributed by atoms with Gasteiger partial charge in [-0.15, -0.1) is 6.58 Å². The topological polar surface area (TPSA) is 51.2 Å². The summed E-state index contributed by atoms with van der Waals surface area (Å²) in [4.78, 5) is 29.0. The zero-order chi connectivity index (χ0) is 30.9. The molecule has 0 rings (SSSR count). The Labute approximate surface area is 236 Å². The number of Topliss-reactive ketones (excluding diaryl/α,β-unsaturated/α-hetero) is 2. The fourth-order valence-electron chi connectivity index (χ4n) is 2.89. The van der Waals surface area contributed by atoms with Crippen molar-refractivity contribution in [2.45, 2.75) is 168 Å². The highest BCUT2D eigenvalue weighted by atomic mass is 16.1. The predicted octanol–water partition coefficient (Wildman–Crippen LogP) is 11.5. The van der Waals surface area contributed by atoms with Crippen LogP contribution in [-0.2, 0) is 14.4 Å². The number of unbranched alkanes of at least 4 members (excludes halogenated alkanes) is 2. The summed E-state index contributed by atoms with van der Waals surface area (Å²) < 4.78 is 0. The smallest absolute Gasteiger partial charge is 0.132 e. The van der Waals surface area contributed by atoms with Crippen molar-refractivity contribution in [3.05, 3.63) is 12.7 Å². The first-order chi connectivity index (χ1) is 17.2. The van der Waals surface area contributed by atoms with Gasteiger partial charge in [-0.25, -0.2) is 0 Å². The Morgan fingerprint density at radius 2 is 1.24 bits per heavy atom. The van der Waals surface area contributed by atoms with Crippen LogP contribution in [0.2, 0.25) is 0 Å². The number of allylic oxidation sites excluding steroid dienone is 1. The van der Waals surface area contributed by atoms with E-state index in [1.165, 1.54) is 51.4 Å². The van der Waals surface area contributed by atoms with Crippen molar-refractivity contribution in [1.29, 1.82) is 0 Å². The molecule has 0 aromatic carbocycles. The molecule has 0 saturated carbocycles. The Morgan fingerprint density at radius 1 is 0.811 bits per heavy atom. The molecule has 0 fully saturated rings.